The molecule has 3 saturated heterocycles. The van der Waals surface area contributed by atoms with E-state index in [0.717, 1.165) is 0 Å². The van der Waals surface area contributed by atoms with Gasteiger partial charge in [-0.15, -0.1) is 0 Å². The SMILES string of the molecule is CC(C)C(=O)CCCC(=O)NC(COCCC(=O)NCCCO[C@@H]1OC(CO)[C@H](O)[C@H](O)C1C)(COCCC(=O)NCCCO[C@@H]1OC(CO)[C@H](O)[C@H](O)C1C)OCCC(=O)NCCCO[C@@H]1OC(CO)[C@H](O)[C@H](O)C1C. The van der Waals surface area contributed by atoms with E-state index in [1.54, 1.807) is 34.6 Å². The molecule has 0 aromatic carbocycles. The first-order valence-corrected chi connectivity index (χ1v) is 26.8. The summed E-state index contributed by atoms with van der Waals surface area (Å²) in [7, 11) is 0. The van der Waals surface area contributed by atoms with Crippen LogP contribution in [0.5, 0.6) is 0 Å². The summed E-state index contributed by atoms with van der Waals surface area (Å²) >= 11 is 0. The molecule has 0 spiro atoms. The van der Waals surface area contributed by atoms with E-state index in [-0.39, 0.29) is 135 Å². The van der Waals surface area contributed by atoms with E-state index in [9.17, 15) is 69.9 Å². The van der Waals surface area contributed by atoms with Crippen molar-refractivity contribution in [3.05, 3.63) is 0 Å². The summed E-state index contributed by atoms with van der Waals surface area (Å²) in [4.78, 5) is 64.5. The molecule has 13 N–H and O–H groups in total. The molecule has 3 heterocycles. The molecule has 0 aromatic heterocycles. The Balaban J connectivity index is 1.58. The number of carbonyl (C=O) groups excluding carboxylic acids is 5. The van der Waals surface area contributed by atoms with Gasteiger partial charge in [-0.2, -0.15) is 0 Å². The van der Waals surface area contributed by atoms with E-state index in [0.29, 0.717) is 19.3 Å². The van der Waals surface area contributed by atoms with E-state index >= 15 is 0 Å². The molecule has 0 radical (unpaired) electrons. The van der Waals surface area contributed by atoms with Gasteiger partial charge >= 0.3 is 0 Å². The van der Waals surface area contributed by atoms with Crippen LogP contribution >= 0.6 is 0 Å². The van der Waals surface area contributed by atoms with Crippen LogP contribution in [0.25, 0.3) is 0 Å². The van der Waals surface area contributed by atoms with Gasteiger partial charge in [0.15, 0.2) is 24.6 Å². The molecule has 27 nitrogen and oxygen atoms in total. The number of rotatable bonds is 38. The van der Waals surface area contributed by atoms with Crippen LogP contribution < -0.4 is 21.3 Å². The van der Waals surface area contributed by atoms with Gasteiger partial charge in [0.1, 0.15) is 42.4 Å². The largest absolute Gasteiger partial charge is 0.394 e. The average Bonchev–Trinajstić information content (AvgIpc) is 3.40. The highest BCUT2D eigenvalue weighted by molar-refractivity contribution is 5.82. The van der Waals surface area contributed by atoms with E-state index in [2.05, 4.69) is 21.3 Å². The summed E-state index contributed by atoms with van der Waals surface area (Å²) < 4.78 is 51.9. The summed E-state index contributed by atoms with van der Waals surface area (Å²) in [5.41, 5.74) is -1.76. The molecule has 6 unspecified atom stereocenters. The Kier molecular flexibility index (Phi) is 32.1. The quantitative estimate of drug-likeness (QED) is 0.0208. The number of hydrogen-bond acceptors (Lipinski definition) is 23. The Labute approximate surface area is 450 Å². The lowest BCUT2D eigenvalue weighted by molar-refractivity contribution is -0.282. The fourth-order valence-corrected chi connectivity index (χ4v) is 8.40. The van der Waals surface area contributed by atoms with Gasteiger partial charge in [-0.3, -0.25) is 24.0 Å². The molecule has 3 aliphatic rings. The van der Waals surface area contributed by atoms with Gasteiger partial charge in [-0.25, -0.2) is 0 Å². The number of aliphatic hydroxyl groups excluding tert-OH is 9. The zero-order chi connectivity index (χ0) is 57.1. The standard InChI is InChI=1S/C50H90N4O23/c1-29(2)33(58)10-6-11-40(62)54-50(74-23-14-39(61)53-17-9-20-73-49-32(5)43(65)46(68)36(26-57)77-49,27-69-21-12-37(59)51-15-7-18-71-47-30(3)41(63)44(66)34(24-55)75-47)28-70-22-13-38(60)52-16-8-19-72-48-31(4)42(64)45(67)35(25-56)76-48/h29-32,34-36,41-49,55-57,63-68H,6-28H2,1-5H3,(H,51,59)(H,52,60)(H,53,61)(H,54,62)/t30?,31?,32?,34?,35?,36?,41-,42-,43-,44+,45+,46+,47-,48-,49-,50?/m1/s1. The summed E-state index contributed by atoms with van der Waals surface area (Å²) in [6.07, 6.45) is -12.1. The van der Waals surface area contributed by atoms with Crippen molar-refractivity contribution >= 4 is 29.4 Å². The maximum absolute atomic E-state index is 13.5. The van der Waals surface area contributed by atoms with E-state index in [1.807, 2.05) is 0 Å². The third-order valence-electron chi connectivity index (χ3n) is 13.5. The van der Waals surface area contributed by atoms with E-state index in [4.69, 9.17) is 42.6 Å². The fraction of sp³-hybridized carbons (Fsp3) is 0.900. The molecule has 0 saturated carbocycles. The average molecular weight is 1120 g/mol. The number of amides is 4. The molecule has 77 heavy (non-hydrogen) atoms. The van der Waals surface area contributed by atoms with Crippen molar-refractivity contribution in [1.29, 1.82) is 0 Å². The lowest BCUT2D eigenvalue weighted by Gasteiger charge is -2.40. The highest BCUT2D eigenvalue weighted by Gasteiger charge is 2.45. The van der Waals surface area contributed by atoms with Gasteiger partial charge in [-0.05, 0) is 25.7 Å². The third kappa shape index (κ3) is 23.4. The number of carbonyl (C=O) groups is 5. The molecule has 0 aliphatic carbocycles. The molecular formula is C50H90N4O23. The van der Waals surface area contributed by atoms with Crippen LogP contribution in [-0.4, -0.2) is 247 Å². The van der Waals surface area contributed by atoms with Crippen molar-refractivity contribution in [3.63, 3.8) is 0 Å². The zero-order valence-corrected chi connectivity index (χ0v) is 45.2. The molecule has 0 bridgehead atoms. The normalized spacial score (nSPS) is 30.4. The van der Waals surface area contributed by atoms with Gasteiger partial charge < -0.3 is 110 Å². The second-order valence-electron chi connectivity index (χ2n) is 20.1. The van der Waals surface area contributed by atoms with Crippen molar-refractivity contribution in [1.82, 2.24) is 21.3 Å². The Bertz CT molecular complexity index is 1650. The first kappa shape index (κ1) is 68.1. The van der Waals surface area contributed by atoms with Crippen molar-refractivity contribution < 1.29 is 113 Å². The fourth-order valence-electron chi connectivity index (χ4n) is 8.40. The Morgan fingerprint density at radius 2 is 0.818 bits per heavy atom. The molecule has 3 fully saturated rings. The van der Waals surface area contributed by atoms with Crippen LogP contribution in [0.4, 0.5) is 0 Å². The number of Topliss-reactive ketones (excluding diaryl/α,β-unsaturated/α-hetero) is 1. The first-order chi connectivity index (χ1) is 36.7. The lowest BCUT2D eigenvalue weighted by atomic mass is 9.92. The second-order valence-corrected chi connectivity index (χ2v) is 20.1. The van der Waals surface area contributed by atoms with Crippen LogP contribution in [0.15, 0.2) is 0 Å². The molecule has 15 atom stereocenters. The Hall–Kier alpha value is -3.17. The first-order valence-electron chi connectivity index (χ1n) is 26.8. The molecule has 27 heteroatoms. The van der Waals surface area contributed by atoms with Crippen molar-refractivity contribution in [2.75, 3.05) is 92.3 Å². The highest BCUT2D eigenvalue weighted by atomic mass is 16.7. The number of aliphatic hydroxyl groups is 9. The summed E-state index contributed by atoms with van der Waals surface area (Å²) in [6.45, 7) is 6.49. The third-order valence-corrected chi connectivity index (χ3v) is 13.5. The minimum atomic E-state index is -1.76. The van der Waals surface area contributed by atoms with Crippen molar-refractivity contribution in [3.8, 4) is 0 Å². The van der Waals surface area contributed by atoms with Gasteiger partial charge in [0.05, 0.1) is 97.4 Å². The molecule has 3 rings (SSSR count). The van der Waals surface area contributed by atoms with Gasteiger partial charge in [0, 0.05) is 69.0 Å². The lowest BCUT2D eigenvalue weighted by Crippen LogP contribution is -2.58. The molecule has 0 aromatic rings. The Morgan fingerprint density at radius 1 is 0.468 bits per heavy atom. The predicted molar refractivity (Wildman–Crippen MR) is 268 cm³/mol. The Morgan fingerprint density at radius 3 is 1.16 bits per heavy atom. The van der Waals surface area contributed by atoms with Crippen LogP contribution in [-0.2, 0) is 66.6 Å². The van der Waals surface area contributed by atoms with Crippen molar-refractivity contribution in [2.45, 2.75) is 172 Å². The zero-order valence-electron chi connectivity index (χ0n) is 45.2. The van der Waals surface area contributed by atoms with E-state index in [1.165, 1.54) is 0 Å². The molecule has 4 amide bonds. The second kappa shape index (κ2) is 36.2. The van der Waals surface area contributed by atoms with E-state index < -0.39 is 129 Å². The molecule has 448 valence electrons. The summed E-state index contributed by atoms with van der Waals surface area (Å²) in [5, 5.41) is 101. The smallest absolute Gasteiger partial charge is 0.222 e. The number of ketones is 1. The topological polar surface area (TPSA) is 399 Å². The summed E-state index contributed by atoms with van der Waals surface area (Å²) in [6, 6.07) is 0. The minimum absolute atomic E-state index is 0.0267. The van der Waals surface area contributed by atoms with Gasteiger partial charge in [-0.1, -0.05) is 34.6 Å². The monoisotopic (exact) mass is 1110 g/mol. The van der Waals surface area contributed by atoms with Crippen LogP contribution in [0.1, 0.15) is 92.4 Å². The molecular weight excluding hydrogens is 1020 g/mol. The number of hydrogen-bond donors (Lipinski definition) is 13. The number of ether oxygens (including phenoxy) is 9. The van der Waals surface area contributed by atoms with Crippen LogP contribution in [0.3, 0.4) is 0 Å². The maximum Gasteiger partial charge on any atom is 0.222 e. The molecule has 3 aliphatic heterocycles. The maximum atomic E-state index is 13.5. The predicted octanol–water partition coefficient (Wildman–Crippen LogP) is -3.79. The highest BCUT2D eigenvalue weighted by Crippen LogP contribution is 2.29. The van der Waals surface area contributed by atoms with Gasteiger partial charge in [0.2, 0.25) is 23.6 Å². The number of nitrogens with one attached hydrogen (secondary N) is 4. The minimum Gasteiger partial charge on any atom is -0.394 e. The summed E-state index contributed by atoms with van der Waals surface area (Å²) in [5.74, 6) is -3.73. The van der Waals surface area contributed by atoms with Crippen LogP contribution in [0, 0.1) is 23.7 Å². The van der Waals surface area contributed by atoms with Crippen molar-refractivity contribution in [2.24, 2.45) is 23.7 Å². The van der Waals surface area contributed by atoms with Crippen LogP contribution in [0.2, 0.25) is 0 Å². The van der Waals surface area contributed by atoms with Gasteiger partial charge in [0.25, 0.3) is 0 Å².